The highest BCUT2D eigenvalue weighted by Crippen LogP contribution is 2.52. The summed E-state index contributed by atoms with van der Waals surface area (Å²) >= 11 is 0. The van der Waals surface area contributed by atoms with E-state index in [9.17, 15) is 30.3 Å². The first-order chi connectivity index (χ1) is 31.1. The Morgan fingerprint density at radius 2 is 1.70 bits per heavy atom. The van der Waals surface area contributed by atoms with Gasteiger partial charge in [-0.15, -0.1) is 5.69 Å². The standard InChI is InChI=1S/C53H55N3O8/c57-24-19-39-46(59)14-11-30-25-41(50(61)47(26-30)64-34-8-1-2-9-34)49(60)33-7-3-6-32(27-33)35-12-13-43(56-52-38(35)18-23-55-52)40-28-44-37(17-22-54-44)42(48(40)51(39)62)29-53(63)20-15-31-5-4-10-45(58)36(31)16-21-53/h3-7,10,16-18,21-23,25-28,34-35,39,42-43,48-49,55,57-58,60-61,63H,1-2,8-9,11-15,19-20,24,29H2/q-2/t35-,39+,42+,43-,48+,49-,53-/m1/s1. The normalized spacial score (nSPS) is 26.9. The van der Waals surface area contributed by atoms with Gasteiger partial charge in [0, 0.05) is 36.0 Å². The van der Waals surface area contributed by atoms with Crippen molar-refractivity contribution in [2.45, 2.75) is 113 Å². The Bertz CT molecular complexity index is 2630. The molecule has 11 nitrogen and oxygen atoms in total. The zero-order valence-corrected chi connectivity index (χ0v) is 35.8. The number of aromatic hydroxyl groups is 2. The molecule has 2 aromatic heterocycles. The molecule has 7 atom stereocenters. The van der Waals surface area contributed by atoms with E-state index in [1.165, 1.54) is 0 Å². The molecule has 3 aromatic carbocycles. The Morgan fingerprint density at radius 1 is 0.875 bits per heavy atom. The molecule has 6 N–H and O–H groups in total. The first-order valence-electron chi connectivity index (χ1n) is 23.0. The van der Waals surface area contributed by atoms with Crippen molar-refractivity contribution < 1.29 is 39.9 Å². The van der Waals surface area contributed by atoms with Crippen LogP contribution in [0.2, 0.25) is 0 Å². The summed E-state index contributed by atoms with van der Waals surface area (Å²) in [6.07, 6.45) is 13.8. The van der Waals surface area contributed by atoms with E-state index in [2.05, 4.69) is 4.98 Å². The van der Waals surface area contributed by atoms with Crippen LogP contribution in [-0.4, -0.2) is 66.4 Å². The van der Waals surface area contributed by atoms with E-state index in [4.69, 9.17) is 15.0 Å². The van der Waals surface area contributed by atoms with Gasteiger partial charge in [0.1, 0.15) is 17.6 Å². The molecule has 0 saturated heterocycles. The summed E-state index contributed by atoms with van der Waals surface area (Å²) < 4.78 is 6.39. The second kappa shape index (κ2) is 17.3. The van der Waals surface area contributed by atoms with E-state index >= 15 is 4.79 Å². The lowest BCUT2D eigenvalue weighted by atomic mass is 9.65. The van der Waals surface area contributed by atoms with Crippen LogP contribution in [0.3, 0.4) is 0 Å². The third-order valence-corrected chi connectivity index (χ3v) is 14.7. The van der Waals surface area contributed by atoms with E-state index in [1.807, 2.05) is 54.7 Å². The highest BCUT2D eigenvalue weighted by molar-refractivity contribution is 6.05. The SMILES string of the molecule is O=C1CCc2cc(OC3CCCC3)c(O)c(c2)[C@H](O)c2cccc(c2)[C@H]2CC[C@@H]([N-]c3[nH]ccc32)C2=Cc3[n-]ccc3[C@H](C[C@]3(O)C=Cc4c(O)cccc4CC3)[C@H]2C(=O)[C@H]1CCO. The number of benzene rings is 3. The van der Waals surface area contributed by atoms with Gasteiger partial charge in [0.2, 0.25) is 0 Å². The fourth-order valence-corrected chi connectivity index (χ4v) is 11.3. The molecule has 11 heteroatoms. The number of aromatic nitrogens is 2. The van der Waals surface area contributed by atoms with E-state index in [-0.39, 0.29) is 78.7 Å². The molecule has 1 fully saturated rings. The molecule has 0 spiro atoms. The van der Waals surface area contributed by atoms with Gasteiger partial charge in [0.15, 0.2) is 17.3 Å². The van der Waals surface area contributed by atoms with Gasteiger partial charge in [0.05, 0.1) is 17.6 Å². The number of aryl methyl sites for hydroxylation is 2. The van der Waals surface area contributed by atoms with Crippen molar-refractivity contribution in [2.24, 2.45) is 11.8 Å². The molecule has 0 radical (unpaired) electrons. The Balaban J connectivity index is 1.10. The number of aliphatic hydroxyl groups is 3. The lowest BCUT2D eigenvalue weighted by molar-refractivity contribution is -0.135. The number of carbonyl (C=O) groups is 2. The van der Waals surface area contributed by atoms with E-state index < -0.39 is 35.5 Å². The van der Waals surface area contributed by atoms with Crippen LogP contribution < -0.4 is 9.72 Å². The van der Waals surface area contributed by atoms with Crippen molar-refractivity contribution in [3.8, 4) is 17.2 Å². The monoisotopic (exact) mass is 861 g/mol. The predicted molar refractivity (Wildman–Crippen MR) is 243 cm³/mol. The van der Waals surface area contributed by atoms with Crippen molar-refractivity contribution in [1.82, 2.24) is 9.97 Å². The summed E-state index contributed by atoms with van der Waals surface area (Å²) in [5.74, 6) is -2.51. The largest absolute Gasteiger partial charge is 0.664 e. The van der Waals surface area contributed by atoms with Crippen molar-refractivity contribution in [1.29, 1.82) is 0 Å². The van der Waals surface area contributed by atoms with Gasteiger partial charge >= 0.3 is 0 Å². The number of hydrogen-bond donors (Lipinski definition) is 6. The zero-order valence-electron chi connectivity index (χ0n) is 35.8. The Kier molecular flexibility index (Phi) is 11.3. The van der Waals surface area contributed by atoms with Crippen LogP contribution in [0.15, 0.2) is 90.8 Å². The number of aliphatic hydroxyl groups excluding tert-OH is 2. The summed E-state index contributed by atoms with van der Waals surface area (Å²) in [4.78, 5) is 38.5. The predicted octanol–water partition coefficient (Wildman–Crippen LogP) is 8.75. The average molecular weight is 862 g/mol. The molecule has 5 aromatic rings. The van der Waals surface area contributed by atoms with Gasteiger partial charge in [-0.1, -0.05) is 89.9 Å². The third-order valence-electron chi connectivity index (χ3n) is 14.7. The topological polar surface area (TPSA) is 189 Å². The molecule has 0 amide bonds. The van der Waals surface area contributed by atoms with Crippen molar-refractivity contribution in [3.05, 3.63) is 146 Å². The lowest BCUT2D eigenvalue weighted by Gasteiger charge is -2.43. The first-order valence-corrected chi connectivity index (χ1v) is 23.0. The van der Waals surface area contributed by atoms with Gasteiger partial charge in [-0.25, -0.2) is 0 Å². The van der Waals surface area contributed by atoms with Crippen molar-refractivity contribution in [3.63, 3.8) is 0 Å². The number of phenols is 2. The number of ether oxygens (including phenoxy) is 1. The molecule has 6 bridgehead atoms. The molecule has 4 aliphatic carbocycles. The first kappa shape index (κ1) is 42.1. The number of ketones is 2. The molecule has 1 saturated carbocycles. The summed E-state index contributed by atoms with van der Waals surface area (Å²) in [5.41, 5.74) is 5.91. The summed E-state index contributed by atoms with van der Waals surface area (Å²) in [6.45, 7) is -0.385. The van der Waals surface area contributed by atoms with Gasteiger partial charge in [-0.3, -0.25) is 9.59 Å². The fourth-order valence-electron chi connectivity index (χ4n) is 11.3. The number of H-pyrrole nitrogens is 1. The number of hydrogen-bond acceptors (Lipinski definition) is 8. The van der Waals surface area contributed by atoms with E-state index in [0.717, 1.165) is 53.5 Å². The van der Waals surface area contributed by atoms with Crippen LogP contribution in [0, 0.1) is 11.8 Å². The molecule has 64 heavy (non-hydrogen) atoms. The Morgan fingerprint density at radius 3 is 2.55 bits per heavy atom. The second-order valence-corrected chi connectivity index (χ2v) is 18.6. The number of Topliss-reactive ketones (excluding diaryl/α,β-unsaturated/α-hetero) is 2. The molecule has 3 heterocycles. The maximum atomic E-state index is 15.7. The second-order valence-electron chi connectivity index (χ2n) is 18.6. The van der Waals surface area contributed by atoms with E-state index in [1.54, 1.807) is 42.6 Å². The fraction of sp³-hybridized carbons (Fsp3) is 0.396. The van der Waals surface area contributed by atoms with E-state index in [0.29, 0.717) is 53.9 Å². The third kappa shape index (κ3) is 7.88. The maximum Gasteiger partial charge on any atom is 0.163 e. The van der Waals surface area contributed by atoms with Crippen LogP contribution >= 0.6 is 0 Å². The molecule has 1 aliphatic heterocycles. The molecule has 332 valence electrons. The minimum Gasteiger partial charge on any atom is -0.664 e. The minimum absolute atomic E-state index is 0.0373. The molecular weight excluding hydrogens is 807 g/mol. The number of fused-ring (bicyclic) bond motifs is 14. The van der Waals surface area contributed by atoms with Crippen molar-refractivity contribution in [2.75, 3.05) is 6.61 Å². The smallest absolute Gasteiger partial charge is 0.163 e. The number of nitrogens with one attached hydrogen (secondary N) is 1. The highest BCUT2D eigenvalue weighted by Gasteiger charge is 2.45. The lowest BCUT2D eigenvalue weighted by Crippen LogP contribution is -2.41. The number of rotatable bonds is 6. The number of aromatic amines is 1. The minimum atomic E-state index is -1.39. The summed E-state index contributed by atoms with van der Waals surface area (Å²) in [7, 11) is 0. The van der Waals surface area contributed by atoms with Crippen LogP contribution in [0.5, 0.6) is 17.2 Å². The molecular formula is C53H55N3O8-2. The summed E-state index contributed by atoms with van der Waals surface area (Å²) in [5, 5.41) is 63.0. The van der Waals surface area contributed by atoms with Crippen LogP contribution in [0.25, 0.3) is 17.5 Å². The van der Waals surface area contributed by atoms with Gasteiger partial charge in [-0.05, 0) is 129 Å². The van der Waals surface area contributed by atoms with Gasteiger partial charge in [0.25, 0.3) is 0 Å². The molecule has 5 aliphatic rings. The van der Waals surface area contributed by atoms with Gasteiger partial charge < -0.3 is 45.6 Å². The van der Waals surface area contributed by atoms with Crippen LogP contribution in [0.1, 0.15) is 132 Å². The molecule has 0 unspecified atom stereocenters. The Hall–Kier alpha value is -5.88. The quantitative estimate of drug-likeness (QED) is 0.0908. The van der Waals surface area contributed by atoms with Crippen LogP contribution in [-0.2, 0) is 22.4 Å². The van der Waals surface area contributed by atoms with Gasteiger partial charge in [-0.2, -0.15) is 6.20 Å². The number of nitrogens with zero attached hydrogens (tertiary/aromatic N) is 2. The van der Waals surface area contributed by atoms with Crippen LogP contribution in [0.4, 0.5) is 5.82 Å². The maximum absolute atomic E-state index is 15.7. The number of carbonyl (C=O) groups excluding carboxylic acids is 2. The Labute approximate surface area is 372 Å². The summed E-state index contributed by atoms with van der Waals surface area (Å²) in [6, 6.07) is 20.1. The van der Waals surface area contributed by atoms with Crippen molar-refractivity contribution >= 4 is 29.5 Å². The zero-order chi connectivity index (χ0) is 44.1. The highest BCUT2D eigenvalue weighted by atomic mass is 16.5. The number of phenolic OH excluding ortho intramolecular Hbond substituents is 2. The average Bonchev–Trinajstić information content (AvgIpc) is 4.06. The molecule has 10 rings (SSSR count).